The van der Waals surface area contributed by atoms with E-state index >= 15 is 0 Å². The molecule has 5 rings (SSSR count). The van der Waals surface area contributed by atoms with Crippen LogP contribution in [-0.2, 0) is 11.8 Å². The average Bonchev–Trinajstić information content (AvgIpc) is 3.67. The van der Waals surface area contributed by atoms with Crippen molar-refractivity contribution in [2.24, 2.45) is 17.3 Å². The highest BCUT2D eigenvalue weighted by Crippen LogP contribution is 2.59. The van der Waals surface area contributed by atoms with Crippen LogP contribution >= 0.6 is 0 Å². The van der Waals surface area contributed by atoms with Gasteiger partial charge in [-0.25, -0.2) is 0 Å². The minimum Gasteiger partial charge on any atom is -0.393 e. The maximum absolute atomic E-state index is 11.4. The van der Waals surface area contributed by atoms with Crippen LogP contribution in [0.4, 0.5) is 0 Å². The summed E-state index contributed by atoms with van der Waals surface area (Å²) in [5, 5.41) is 31.8. The van der Waals surface area contributed by atoms with Crippen molar-refractivity contribution in [2.75, 3.05) is 0 Å². The zero-order chi connectivity index (χ0) is 28.5. The number of fused-ring (bicyclic) bond motifs is 1. The molecule has 0 saturated heterocycles. The van der Waals surface area contributed by atoms with Gasteiger partial charge in [0.15, 0.2) is 0 Å². The van der Waals surface area contributed by atoms with Crippen LogP contribution in [0.25, 0.3) is 0 Å². The fraction of sp³-hybridized carbons (Fsp3) is 0.622. The van der Waals surface area contributed by atoms with Crippen LogP contribution in [0.5, 0.6) is 0 Å². The Morgan fingerprint density at radius 2 is 1.85 bits per heavy atom. The number of hydrogen-bond acceptors (Lipinski definition) is 3. The number of aliphatic hydroxyl groups excluding tert-OH is 3. The number of hydrogen-bond donors (Lipinski definition) is 3. The van der Waals surface area contributed by atoms with Gasteiger partial charge in [0.1, 0.15) is 0 Å². The highest BCUT2D eigenvalue weighted by atomic mass is 16.3. The largest absolute Gasteiger partial charge is 0.393 e. The molecule has 0 unspecified atom stereocenters. The molecule has 3 N–H and O–H groups in total. The first-order chi connectivity index (χ1) is 19.2. The van der Waals surface area contributed by atoms with Crippen LogP contribution in [0.1, 0.15) is 109 Å². The predicted molar refractivity (Wildman–Crippen MR) is 165 cm³/mol. The van der Waals surface area contributed by atoms with E-state index in [2.05, 4.69) is 69.8 Å². The Balaban J connectivity index is 1.25. The fourth-order valence-electron chi connectivity index (χ4n) is 8.45. The first-order valence-corrected chi connectivity index (χ1v) is 16.1. The molecule has 3 heteroatoms. The van der Waals surface area contributed by atoms with Crippen LogP contribution in [0.3, 0.4) is 0 Å². The summed E-state index contributed by atoms with van der Waals surface area (Å²) in [5.41, 5.74) is 7.67. The van der Waals surface area contributed by atoms with E-state index in [-0.39, 0.29) is 16.9 Å². The predicted octanol–water partition coefficient (Wildman–Crippen LogP) is 7.90. The number of aliphatic hydroxyl groups is 3. The van der Waals surface area contributed by atoms with Crippen molar-refractivity contribution in [3.8, 4) is 0 Å². The van der Waals surface area contributed by atoms with Gasteiger partial charge in [-0.2, -0.15) is 0 Å². The van der Waals surface area contributed by atoms with E-state index in [1.54, 1.807) is 0 Å². The molecule has 1 aromatic rings. The van der Waals surface area contributed by atoms with Crippen LogP contribution in [0.15, 0.2) is 71.4 Å². The van der Waals surface area contributed by atoms with Gasteiger partial charge in [0.05, 0.1) is 18.3 Å². The third-order valence-corrected chi connectivity index (χ3v) is 11.2. The Kier molecular flexibility index (Phi) is 8.95. The summed E-state index contributed by atoms with van der Waals surface area (Å²) >= 11 is 0. The van der Waals surface area contributed by atoms with Crippen LogP contribution in [0, 0.1) is 17.3 Å². The van der Waals surface area contributed by atoms with E-state index in [9.17, 15) is 15.3 Å². The highest BCUT2D eigenvalue weighted by molar-refractivity contribution is 5.39. The average molecular weight is 545 g/mol. The maximum atomic E-state index is 11.4. The molecule has 4 aliphatic carbocycles. The van der Waals surface area contributed by atoms with E-state index < -0.39 is 12.2 Å². The quantitative estimate of drug-likeness (QED) is 0.277. The van der Waals surface area contributed by atoms with E-state index in [1.807, 2.05) is 0 Å². The summed E-state index contributed by atoms with van der Waals surface area (Å²) in [6.45, 7) is 11.1. The molecular weight excluding hydrogens is 492 g/mol. The van der Waals surface area contributed by atoms with Crippen molar-refractivity contribution in [3.05, 3.63) is 82.5 Å². The Labute approximate surface area is 242 Å². The molecule has 4 saturated carbocycles. The van der Waals surface area contributed by atoms with Gasteiger partial charge in [-0.05, 0) is 117 Å². The second-order valence-corrected chi connectivity index (χ2v) is 13.8. The van der Waals surface area contributed by atoms with Crippen molar-refractivity contribution in [3.63, 3.8) is 0 Å². The lowest BCUT2D eigenvalue weighted by Gasteiger charge is -2.43. The second-order valence-electron chi connectivity index (χ2n) is 13.8. The molecule has 0 spiro atoms. The maximum Gasteiger partial charge on any atom is 0.0811 e. The van der Waals surface area contributed by atoms with Gasteiger partial charge in [-0.1, -0.05) is 80.5 Å². The number of aryl methyl sites for hydroxylation is 1. The Morgan fingerprint density at radius 1 is 1.10 bits per heavy atom. The summed E-state index contributed by atoms with van der Waals surface area (Å²) in [6.07, 6.45) is 18.8. The van der Waals surface area contributed by atoms with E-state index in [0.29, 0.717) is 24.7 Å². The van der Waals surface area contributed by atoms with Gasteiger partial charge in [0.25, 0.3) is 0 Å². The molecule has 4 fully saturated rings. The Bertz CT molecular complexity index is 1150. The summed E-state index contributed by atoms with van der Waals surface area (Å²) in [6, 6.07) is 9.10. The highest BCUT2D eigenvalue weighted by Gasteiger charge is 2.51. The number of benzene rings is 1. The van der Waals surface area contributed by atoms with Crippen molar-refractivity contribution < 1.29 is 15.3 Å². The Hall–Kier alpha value is -1.94. The van der Waals surface area contributed by atoms with Gasteiger partial charge in [0, 0.05) is 11.8 Å². The molecule has 0 amide bonds. The number of unbranched alkanes of at least 4 members (excludes halogenated alkanes) is 1. The first kappa shape index (κ1) is 29.5. The molecule has 0 heterocycles. The summed E-state index contributed by atoms with van der Waals surface area (Å²) in [5.74, 6) is 1.13. The first-order valence-electron chi connectivity index (χ1n) is 16.1. The minimum absolute atomic E-state index is 0.0549. The van der Waals surface area contributed by atoms with Gasteiger partial charge >= 0.3 is 0 Å². The van der Waals surface area contributed by atoms with Crippen LogP contribution < -0.4 is 0 Å². The minimum atomic E-state index is -0.635. The lowest BCUT2D eigenvalue weighted by molar-refractivity contribution is 0.0862. The van der Waals surface area contributed by atoms with Crippen molar-refractivity contribution in [1.29, 1.82) is 0 Å². The molecule has 0 aromatic heterocycles. The molecule has 218 valence electrons. The molecule has 1 aromatic carbocycles. The molecule has 4 aliphatic rings. The standard InChI is InChI=1S/C37H52O3/c1-5-6-8-27-11-15-30(16-12-27)37(21-22-37)35(40)19-10-25(2)32-17-18-33-28(9-7-20-36(32,33)4)13-14-29-23-31(38)24-34(39)26(29)3/h10-16,31-35,38-40H,3,5-9,17-24H2,1-2,4H3/t31-,32-,33+,34+,35-,36-/m1/s1. The van der Waals surface area contributed by atoms with Gasteiger partial charge < -0.3 is 15.3 Å². The Morgan fingerprint density at radius 3 is 2.55 bits per heavy atom. The molecule has 0 aliphatic heterocycles. The van der Waals surface area contributed by atoms with E-state index in [0.717, 1.165) is 43.3 Å². The summed E-state index contributed by atoms with van der Waals surface area (Å²) in [7, 11) is 0. The van der Waals surface area contributed by atoms with Gasteiger partial charge in [-0.3, -0.25) is 0 Å². The lowest BCUT2D eigenvalue weighted by atomic mass is 9.62. The molecular formula is C37H52O3. The van der Waals surface area contributed by atoms with Gasteiger partial charge in [-0.15, -0.1) is 0 Å². The van der Waals surface area contributed by atoms with Crippen LogP contribution in [0.2, 0.25) is 0 Å². The van der Waals surface area contributed by atoms with Crippen molar-refractivity contribution in [1.82, 2.24) is 0 Å². The molecule has 40 heavy (non-hydrogen) atoms. The molecule has 0 bridgehead atoms. The molecule has 0 radical (unpaired) electrons. The van der Waals surface area contributed by atoms with Crippen LogP contribution in [-0.4, -0.2) is 33.6 Å². The third-order valence-electron chi connectivity index (χ3n) is 11.2. The van der Waals surface area contributed by atoms with Crippen molar-refractivity contribution in [2.45, 2.75) is 128 Å². The zero-order valence-electron chi connectivity index (χ0n) is 25.2. The summed E-state index contributed by atoms with van der Waals surface area (Å²) < 4.78 is 0. The molecule has 6 atom stereocenters. The molecule has 3 nitrogen and oxygen atoms in total. The van der Waals surface area contributed by atoms with E-state index in [1.165, 1.54) is 60.8 Å². The number of allylic oxidation sites excluding steroid dienone is 4. The third kappa shape index (κ3) is 5.85. The van der Waals surface area contributed by atoms with E-state index in [4.69, 9.17) is 0 Å². The SMILES string of the molecule is C=C1C(=CC=C2CCC[C@]3(C)[C@@H](C(C)=CC[C@@H](O)C4(c5ccc(CCCC)cc5)CC4)CC[C@@H]23)C[C@@H](O)C[C@@H]1O. The second kappa shape index (κ2) is 12.1. The smallest absolute Gasteiger partial charge is 0.0811 e. The van der Waals surface area contributed by atoms with Gasteiger partial charge in [0.2, 0.25) is 0 Å². The number of rotatable bonds is 9. The summed E-state index contributed by atoms with van der Waals surface area (Å²) in [4.78, 5) is 0. The monoisotopic (exact) mass is 544 g/mol. The zero-order valence-corrected chi connectivity index (χ0v) is 25.2. The van der Waals surface area contributed by atoms with Crippen molar-refractivity contribution >= 4 is 0 Å². The lowest BCUT2D eigenvalue weighted by Crippen LogP contribution is -2.34. The fourth-order valence-corrected chi connectivity index (χ4v) is 8.45. The normalized spacial score (nSPS) is 34.8. The topological polar surface area (TPSA) is 60.7 Å².